The summed E-state index contributed by atoms with van der Waals surface area (Å²) in [5.74, 6) is 0.678. The molecule has 0 aliphatic carbocycles. The molecule has 0 aliphatic heterocycles. The first kappa shape index (κ1) is 20.0. The summed E-state index contributed by atoms with van der Waals surface area (Å²) >= 11 is 1.25. The lowest BCUT2D eigenvalue weighted by Gasteiger charge is -2.20. The first-order valence-electron chi connectivity index (χ1n) is 9.61. The monoisotopic (exact) mass is 419 g/mol. The summed E-state index contributed by atoms with van der Waals surface area (Å²) in [4.78, 5) is 30.3. The Hall–Kier alpha value is -3.32. The second kappa shape index (κ2) is 9.00. The van der Waals surface area contributed by atoms with Gasteiger partial charge >= 0.3 is 0 Å². The van der Waals surface area contributed by atoms with Crippen molar-refractivity contribution in [1.82, 2.24) is 14.9 Å². The van der Waals surface area contributed by atoms with E-state index in [2.05, 4.69) is 5.32 Å². The van der Waals surface area contributed by atoms with Crippen LogP contribution in [0.15, 0.2) is 87.4 Å². The van der Waals surface area contributed by atoms with Crippen molar-refractivity contribution in [2.24, 2.45) is 0 Å². The number of carbonyl (C=O) groups excluding carboxylic acids is 1. The van der Waals surface area contributed by atoms with Gasteiger partial charge in [-0.05, 0) is 36.8 Å². The van der Waals surface area contributed by atoms with Crippen LogP contribution in [0.3, 0.4) is 0 Å². The first-order valence-corrected chi connectivity index (χ1v) is 10.6. The third kappa shape index (κ3) is 4.31. The summed E-state index contributed by atoms with van der Waals surface area (Å²) in [5, 5.41) is 3.90. The predicted octanol–water partition coefficient (Wildman–Crippen LogP) is 4.01. The molecular formula is C23H21N3O3S. The number of para-hydroxylation sites is 1. The van der Waals surface area contributed by atoms with Crippen molar-refractivity contribution in [3.63, 3.8) is 0 Å². The second-order valence-corrected chi connectivity index (χ2v) is 7.76. The maximum Gasteiger partial charge on any atom is 0.262 e. The van der Waals surface area contributed by atoms with Crippen LogP contribution in [0.4, 0.5) is 0 Å². The molecule has 4 rings (SSSR count). The lowest BCUT2D eigenvalue weighted by Crippen LogP contribution is -2.28. The minimum Gasteiger partial charge on any atom is -0.467 e. The van der Waals surface area contributed by atoms with Gasteiger partial charge in [-0.2, -0.15) is 0 Å². The Bertz CT molecular complexity index is 1200. The van der Waals surface area contributed by atoms with Gasteiger partial charge in [-0.1, -0.05) is 54.2 Å². The number of amides is 1. The van der Waals surface area contributed by atoms with Crippen molar-refractivity contribution < 1.29 is 9.21 Å². The van der Waals surface area contributed by atoms with E-state index in [9.17, 15) is 9.59 Å². The quantitative estimate of drug-likeness (QED) is 0.362. The van der Waals surface area contributed by atoms with Gasteiger partial charge in [0.25, 0.3) is 5.56 Å². The number of thioether (sulfide) groups is 1. The van der Waals surface area contributed by atoms with E-state index in [1.165, 1.54) is 11.8 Å². The van der Waals surface area contributed by atoms with Crippen LogP contribution in [0.1, 0.15) is 24.3 Å². The van der Waals surface area contributed by atoms with Crippen LogP contribution in [-0.4, -0.2) is 21.2 Å². The summed E-state index contributed by atoms with van der Waals surface area (Å²) in [7, 11) is 0. The molecule has 0 saturated heterocycles. The van der Waals surface area contributed by atoms with Gasteiger partial charge < -0.3 is 9.73 Å². The Morgan fingerprint density at radius 1 is 1.10 bits per heavy atom. The fraction of sp³-hybridized carbons (Fsp3) is 0.174. The zero-order chi connectivity index (χ0) is 20.9. The van der Waals surface area contributed by atoms with Gasteiger partial charge in [0.05, 0.1) is 35.5 Å². The van der Waals surface area contributed by atoms with Gasteiger partial charge in [-0.15, -0.1) is 0 Å². The molecule has 2 aromatic heterocycles. The third-order valence-electron chi connectivity index (χ3n) is 4.82. The fourth-order valence-electron chi connectivity index (χ4n) is 3.23. The lowest BCUT2D eigenvalue weighted by atomic mass is 10.1. The highest BCUT2D eigenvalue weighted by Crippen LogP contribution is 2.24. The molecule has 30 heavy (non-hydrogen) atoms. The Kier molecular flexibility index (Phi) is 5.99. The number of furan rings is 1. The van der Waals surface area contributed by atoms with Gasteiger partial charge in [0.2, 0.25) is 5.91 Å². The second-order valence-electron chi connectivity index (χ2n) is 6.82. The summed E-state index contributed by atoms with van der Waals surface area (Å²) in [6.07, 6.45) is 1.57. The molecule has 1 N–H and O–H groups in total. The van der Waals surface area contributed by atoms with Crippen LogP contribution < -0.4 is 10.9 Å². The standard InChI is InChI=1S/C23H21N3O3S/c1-16(17-8-3-2-4-9-17)26-22(28)19-11-5-6-12-20(19)25-23(26)30-15-21(27)24-14-18-10-7-13-29-18/h2-13,16H,14-15H2,1H3,(H,24,27)/t16-/m0/s1. The van der Waals surface area contributed by atoms with Gasteiger partial charge in [-0.25, -0.2) is 4.98 Å². The molecule has 1 atom stereocenters. The maximum atomic E-state index is 13.3. The minimum atomic E-state index is -0.218. The highest BCUT2D eigenvalue weighted by atomic mass is 32.2. The van der Waals surface area contributed by atoms with Crippen LogP contribution in [0.5, 0.6) is 0 Å². The average Bonchev–Trinajstić information content (AvgIpc) is 3.30. The van der Waals surface area contributed by atoms with E-state index in [-0.39, 0.29) is 23.3 Å². The number of nitrogens with one attached hydrogen (secondary N) is 1. The number of carbonyl (C=O) groups is 1. The zero-order valence-corrected chi connectivity index (χ0v) is 17.3. The van der Waals surface area contributed by atoms with Gasteiger partial charge in [0, 0.05) is 0 Å². The van der Waals surface area contributed by atoms with Gasteiger partial charge in [0.1, 0.15) is 5.76 Å². The number of benzene rings is 2. The van der Waals surface area contributed by atoms with Crippen molar-refractivity contribution in [2.75, 3.05) is 5.75 Å². The van der Waals surface area contributed by atoms with Crippen LogP contribution >= 0.6 is 11.8 Å². The largest absolute Gasteiger partial charge is 0.467 e. The van der Waals surface area contributed by atoms with Crippen LogP contribution in [0, 0.1) is 0 Å². The molecular weight excluding hydrogens is 398 g/mol. The Morgan fingerprint density at radius 2 is 1.87 bits per heavy atom. The number of fused-ring (bicyclic) bond motifs is 1. The Labute approximate surface area is 177 Å². The molecule has 0 fully saturated rings. The SMILES string of the molecule is C[C@@H](c1ccccc1)n1c(SCC(=O)NCc2ccco2)nc2ccccc2c1=O. The van der Waals surface area contributed by atoms with E-state index in [1.54, 1.807) is 29.0 Å². The molecule has 0 spiro atoms. The highest BCUT2D eigenvalue weighted by molar-refractivity contribution is 7.99. The lowest BCUT2D eigenvalue weighted by molar-refractivity contribution is -0.118. The maximum absolute atomic E-state index is 13.3. The Morgan fingerprint density at radius 3 is 2.63 bits per heavy atom. The molecule has 0 aliphatic rings. The summed E-state index contributed by atoms with van der Waals surface area (Å²) < 4.78 is 6.90. The summed E-state index contributed by atoms with van der Waals surface area (Å²) in [5.41, 5.74) is 1.51. The molecule has 7 heteroatoms. The third-order valence-corrected chi connectivity index (χ3v) is 5.77. The zero-order valence-electron chi connectivity index (χ0n) is 16.4. The van der Waals surface area contributed by atoms with Gasteiger partial charge in [0.15, 0.2) is 5.16 Å². The fourth-order valence-corrected chi connectivity index (χ4v) is 4.13. The van der Waals surface area contributed by atoms with Crippen molar-refractivity contribution in [3.05, 3.63) is 94.7 Å². The van der Waals surface area contributed by atoms with Crippen molar-refractivity contribution in [3.8, 4) is 0 Å². The van der Waals surface area contributed by atoms with Crippen LogP contribution in [0.2, 0.25) is 0 Å². The predicted molar refractivity (Wildman–Crippen MR) is 118 cm³/mol. The van der Waals surface area contributed by atoms with E-state index < -0.39 is 0 Å². The van der Waals surface area contributed by atoms with Gasteiger partial charge in [-0.3, -0.25) is 14.2 Å². The first-order chi connectivity index (χ1) is 14.6. The molecule has 0 unspecified atom stereocenters. The molecule has 0 radical (unpaired) electrons. The van der Waals surface area contributed by atoms with Crippen molar-refractivity contribution in [1.29, 1.82) is 0 Å². The van der Waals surface area contributed by atoms with Crippen LogP contribution in [-0.2, 0) is 11.3 Å². The Balaban J connectivity index is 1.62. The van der Waals surface area contributed by atoms with E-state index in [4.69, 9.17) is 9.40 Å². The highest BCUT2D eigenvalue weighted by Gasteiger charge is 2.18. The summed E-state index contributed by atoms with van der Waals surface area (Å²) in [6, 6.07) is 20.4. The molecule has 0 bridgehead atoms. The number of hydrogen-bond donors (Lipinski definition) is 1. The van der Waals surface area contributed by atoms with Crippen LogP contribution in [0.25, 0.3) is 10.9 Å². The molecule has 6 nitrogen and oxygen atoms in total. The average molecular weight is 420 g/mol. The van der Waals surface area contributed by atoms with Crippen molar-refractivity contribution in [2.45, 2.75) is 24.7 Å². The molecule has 152 valence electrons. The summed E-state index contributed by atoms with van der Waals surface area (Å²) in [6.45, 7) is 2.29. The number of rotatable bonds is 7. The van der Waals surface area contributed by atoms with E-state index in [0.29, 0.717) is 28.4 Å². The molecule has 2 aromatic carbocycles. The van der Waals surface area contributed by atoms with E-state index in [0.717, 1.165) is 5.56 Å². The number of aromatic nitrogens is 2. The van der Waals surface area contributed by atoms with E-state index >= 15 is 0 Å². The molecule has 4 aromatic rings. The van der Waals surface area contributed by atoms with E-state index in [1.807, 2.05) is 55.5 Å². The molecule has 0 saturated carbocycles. The van der Waals surface area contributed by atoms with Crippen molar-refractivity contribution >= 4 is 28.6 Å². The smallest absolute Gasteiger partial charge is 0.262 e. The minimum absolute atomic E-state index is 0.115. The number of nitrogens with zero attached hydrogens (tertiary/aromatic N) is 2. The normalized spacial score (nSPS) is 12.0. The topological polar surface area (TPSA) is 77.1 Å². The molecule has 2 heterocycles. The number of hydrogen-bond acceptors (Lipinski definition) is 5. The molecule has 1 amide bonds.